The van der Waals surface area contributed by atoms with E-state index in [-0.39, 0.29) is 0 Å². The van der Waals surface area contributed by atoms with E-state index in [1.165, 1.54) is 21.7 Å². The molecule has 8 aromatic rings. The Kier molecular flexibility index (Phi) is 5.75. The van der Waals surface area contributed by atoms with Gasteiger partial charge >= 0.3 is 0 Å². The van der Waals surface area contributed by atoms with Crippen molar-refractivity contribution in [2.75, 3.05) is 0 Å². The molecular formula is C38H24N4. The molecule has 4 heteroatoms. The van der Waals surface area contributed by atoms with Gasteiger partial charge in [0.25, 0.3) is 0 Å². The van der Waals surface area contributed by atoms with Crippen LogP contribution in [0, 0.1) is 0 Å². The number of pyridine rings is 1. The molecule has 0 unspecified atom stereocenters. The highest BCUT2D eigenvalue weighted by Gasteiger charge is 2.14. The molecule has 0 aliphatic carbocycles. The SMILES string of the molecule is c1ccc2cc(-c3nc(-c4ccc(-c5cccc6ccccc56)cc4)nc(-c4ccc5ccccc5n4)n3)ccc2c1. The second-order valence-corrected chi connectivity index (χ2v) is 10.4. The smallest absolute Gasteiger partial charge is 0.182 e. The maximum atomic E-state index is 4.97. The van der Waals surface area contributed by atoms with Crippen molar-refractivity contribution in [2.24, 2.45) is 0 Å². The lowest BCUT2D eigenvalue weighted by Gasteiger charge is -2.10. The molecule has 0 spiro atoms. The minimum atomic E-state index is 0.548. The predicted molar refractivity (Wildman–Crippen MR) is 172 cm³/mol. The monoisotopic (exact) mass is 536 g/mol. The first kappa shape index (κ1) is 24.1. The second-order valence-electron chi connectivity index (χ2n) is 10.4. The second kappa shape index (κ2) is 10.0. The van der Waals surface area contributed by atoms with Gasteiger partial charge in [0, 0.05) is 16.5 Å². The summed E-state index contributed by atoms with van der Waals surface area (Å²) >= 11 is 0. The summed E-state index contributed by atoms with van der Waals surface area (Å²) in [6.45, 7) is 0. The number of hydrogen-bond acceptors (Lipinski definition) is 4. The topological polar surface area (TPSA) is 51.6 Å². The van der Waals surface area contributed by atoms with Crippen molar-refractivity contribution in [1.29, 1.82) is 0 Å². The zero-order chi connectivity index (χ0) is 27.9. The largest absolute Gasteiger partial charge is 0.244 e. The molecule has 0 fully saturated rings. The molecule has 0 atom stereocenters. The first-order valence-electron chi connectivity index (χ1n) is 14.0. The van der Waals surface area contributed by atoms with Crippen LogP contribution in [-0.4, -0.2) is 19.9 Å². The highest BCUT2D eigenvalue weighted by atomic mass is 15.0. The van der Waals surface area contributed by atoms with E-state index in [0.717, 1.165) is 33.0 Å². The lowest BCUT2D eigenvalue weighted by Crippen LogP contribution is -2.01. The molecule has 2 heterocycles. The maximum absolute atomic E-state index is 4.97. The molecule has 42 heavy (non-hydrogen) atoms. The number of fused-ring (bicyclic) bond motifs is 3. The fourth-order valence-corrected chi connectivity index (χ4v) is 5.54. The summed E-state index contributed by atoms with van der Waals surface area (Å²) in [5.74, 6) is 1.78. The quantitative estimate of drug-likeness (QED) is 0.225. The number of hydrogen-bond donors (Lipinski definition) is 0. The van der Waals surface area contributed by atoms with Crippen molar-refractivity contribution in [1.82, 2.24) is 19.9 Å². The summed E-state index contributed by atoms with van der Waals surface area (Å²) in [7, 11) is 0. The third-order valence-corrected chi connectivity index (χ3v) is 7.71. The van der Waals surface area contributed by atoms with Crippen LogP contribution in [0.5, 0.6) is 0 Å². The van der Waals surface area contributed by atoms with Gasteiger partial charge in [-0.3, -0.25) is 0 Å². The lowest BCUT2D eigenvalue weighted by molar-refractivity contribution is 1.06. The molecule has 2 aromatic heterocycles. The van der Waals surface area contributed by atoms with Gasteiger partial charge in [-0.2, -0.15) is 0 Å². The van der Waals surface area contributed by atoms with Crippen molar-refractivity contribution in [3.63, 3.8) is 0 Å². The van der Waals surface area contributed by atoms with Gasteiger partial charge in [0.05, 0.1) is 5.52 Å². The molecule has 196 valence electrons. The molecule has 0 aliphatic heterocycles. The molecule has 0 N–H and O–H groups in total. The van der Waals surface area contributed by atoms with Crippen molar-refractivity contribution < 1.29 is 0 Å². The van der Waals surface area contributed by atoms with Gasteiger partial charge in [-0.1, -0.05) is 127 Å². The summed E-state index contributed by atoms with van der Waals surface area (Å²) < 4.78 is 0. The van der Waals surface area contributed by atoms with E-state index < -0.39 is 0 Å². The van der Waals surface area contributed by atoms with Crippen LogP contribution < -0.4 is 0 Å². The average molecular weight is 537 g/mol. The van der Waals surface area contributed by atoms with Crippen LogP contribution in [0.15, 0.2) is 146 Å². The Morgan fingerprint density at radius 2 is 0.929 bits per heavy atom. The Labute approximate surface area is 243 Å². The van der Waals surface area contributed by atoms with Crippen molar-refractivity contribution >= 4 is 32.4 Å². The zero-order valence-corrected chi connectivity index (χ0v) is 22.6. The van der Waals surface area contributed by atoms with Crippen molar-refractivity contribution in [3.8, 4) is 45.4 Å². The number of rotatable bonds is 4. The molecule has 6 aromatic carbocycles. The molecular weight excluding hydrogens is 512 g/mol. The standard InChI is InChI=1S/C38H24N4/c1-2-11-30-24-31(21-16-25(30)8-1)37-40-36(41-38(42-37)35-23-22-28-10-4-6-15-34(28)39-35)29-19-17-27(18-20-29)33-14-7-12-26-9-3-5-13-32(26)33/h1-24H. The van der Waals surface area contributed by atoms with Crippen molar-refractivity contribution in [2.45, 2.75) is 0 Å². The van der Waals surface area contributed by atoms with Crippen LogP contribution in [0.25, 0.3) is 77.9 Å². The molecule has 4 nitrogen and oxygen atoms in total. The van der Waals surface area contributed by atoms with E-state index in [1.54, 1.807) is 0 Å². The van der Waals surface area contributed by atoms with Gasteiger partial charge < -0.3 is 0 Å². The molecule has 0 bridgehead atoms. The number of aromatic nitrogens is 4. The minimum Gasteiger partial charge on any atom is -0.244 e. The van der Waals surface area contributed by atoms with Crippen LogP contribution in [0.3, 0.4) is 0 Å². The highest BCUT2D eigenvalue weighted by molar-refractivity contribution is 5.97. The van der Waals surface area contributed by atoms with Gasteiger partial charge in [-0.15, -0.1) is 0 Å². The molecule has 0 radical (unpaired) electrons. The van der Waals surface area contributed by atoms with Crippen LogP contribution in [0.1, 0.15) is 0 Å². The third kappa shape index (κ3) is 4.36. The molecule has 0 saturated carbocycles. The Hall–Kier alpha value is -5.74. The zero-order valence-electron chi connectivity index (χ0n) is 22.6. The summed E-state index contributed by atoms with van der Waals surface area (Å²) in [5, 5.41) is 5.85. The van der Waals surface area contributed by atoms with E-state index in [1.807, 2.05) is 30.3 Å². The minimum absolute atomic E-state index is 0.548. The van der Waals surface area contributed by atoms with Crippen LogP contribution in [-0.2, 0) is 0 Å². The maximum Gasteiger partial charge on any atom is 0.182 e. The van der Waals surface area contributed by atoms with Gasteiger partial charge in [-0.25, -0.2) is 19.9 Å². The summed E-state index contributed by atoms with van der Waals surface area (Å²) in [4.78, 5) is 19.7. The van der Waals surface area contributed by atoms with E-state index >= 15 is 0 Å². The van der Waals surface area contributed by atoms with E-state index in [0.29, 0.717) is 23.2 Å². The first-order valence-corrected chi connectivity index (χ1v) is 14.0. The number of benzene rings is 6. The third-order valence-electron chi connectivity index (χ3n) is 7.71. The average Bonchev–Trinajstić information content (AvgIpc) is 3.07. The van der Waals surface area contributed by atoms with Crippen LogP contribution >= 0.6 is 0 Å². The summed E-state index contributed by atoms with van der Waals surface area (Å²) in [6, 6.07) is 50.1. The predicted octanol–water partition coefficient (Wildman–Crippen LogP) is 9.39. The van der Waals surface area contributed by atoms with Crippen LogP contribution in [0.4, 0.5) is 0 Å². The number of para-hydroxylation sites is 1. The Morgan fingerprint density at radius 1 is 0.333 bits per heavy atom. The molecule has 0 amide bonds. The van der Waals surface area contributed by atoms with Gasteiger partial charge in [-0.05, 0) is 50.9 Å². The normalized spacial score (nSPS) is 11.3. The van der Waals surface area contributed by atoms with Gasteiger partial charge in [0.15, 0.2) is 17.5 Å². The van der Waals surface area contributed by atoms with Crippen LogP contribution in [0.2, 0.25) is 0 Å². The van der Waals surface area contributed by atoms with Crippen molar-refractivity contribution in [3.05, 3.63) is 146 Å². The number of nitrogens with zero attached hydrogens (tertiary/aromatic N) is 4. The molecule has 0 saturated heterocycles. The van der Waals surface area contributed by atoms with E-state index in [4.69, 9.17) is 19.9 Å². The first-order chi connectivity index (χ1) is 20.8. The fourth-order valence-electron chi connectivity index (χ4n) is 5.54. The summed E-state index contributed by atoms with van der Waals surface area (Å²) in [5.41, 5.74) is 5.83. The highest BCUT2D eigenvalue weighted by Crippen LogP contribution is 2.31. The van der Waals surface area contributed by atoms with Gasteiger partial charge in [0.2, 0.25) is 0 Å². The molecule has 8 rings (SSSR count). The lowest BCUT2D eigenvalue weighted by atomic mass is 9.97. The van der Waals surface area contributed by atoms with Gasteiger partial charge in [0.1, 0.15) is 5.69 Å². The Balaban J connectivity index is 1.27. The Morgan fingerprint density at radius 3 is 1.79 bits per heavy atom. The Bertz CT molecular complexity index is 2150. The molecule has 0 aliphatic rings. The van der Waals surface area contributed by atoms with E-state index in [2.05, 4.69) is 115 Å². The fraction of sp³-hybridized carbons (Fsp3) is 0. The summed E-state index contributed by atoms with van der Waals surface area (Å²) in [6.07, 6.45) is 0. The van der Waals surface area contributed by atoms with E-state index in [9.17, 15) is 0 Å².